The van der Waals surface area contributed by atoms with E-state index in [1.807, 2.05) is 20.0 Å². The minimum Gasteiger partial charge on any atom is -0.357 e. The number of aliphatic imine (C=N–C) groups is 1. The average Bonchev–Trinajstić information content (AvgIpc) is 3.20. The molecule has 0 saturated heterocycles. The fourth-order valence-corrected chi connectivity index (χ4v) is 3.08. The summed E-state index contributed by atoms with van der Waals surface area (Å²) in [7, 11) is 0. The van der Waals surface area contributed by atoms with E-state index < -0.39 is 11.9 Å². The highest BCUT2D eigenvalue weighted by Gasteiger charge is 2.33. The van der Waals surface area contributed by atoms with Crippen LogP contribution in [0, 0.1) is 6.92 Å². The van der Waals surface area contributed by atoms with E-state index in [0.29, 0.717) is 37.0 Å². The third kappa shape index (κ3) is 8.03. The van der Waals surface area contributed by atoms with Crippen molar-refractivity contribution in [3.63, 3.8) is 0 Å². The lowest BCUT2D eigenvalue weighted by Crippen LogP contribution is -2.38. The number of hydrogen-bond donors (Lipinski definition) is 3. The van der Waals surface area contributed by atoms with Crippen LogP contribution >= 0.6 is 35.3 Å². The van der Waals surface area contributed by atoms with Crippen molar-refractivity contribution >= 4 is 41.3 Å². The highest BCUT2D eigenvalue weighted by molar-refractivity contribution is 14.0. The van der Waals surface area contributed by atoms with E-state index in [1.165, 1.54) is 5.56 Å². The quantitative estimate of drug-likeness (QED) is 0.217. The van der Waals surface area contributed by atoms with Gasteiger partial charge in [0.05, 0.1) is 11.2 Å². The van der Waals surface area contributed by atoms with Crippen LogP contribution in [-0.2, 0) is 19.0 Å². The number of aromatic nitrogens is 3. The van der Waals surface area contributed by atoms with Crippen LogP contribution in [0.3, 0.4) is 0 Å². The molecule has 6 nitrogen and oxygen atoms in total. The predicted octanol–water partition coefficient (Wildman–Crippen LogP) is 3.54. The molecule has 0 bridgehead atoms. The highest BCUT2D eigenvalue weighted by Crippen LogP contribution is 2.29. The van der Waals surface area contributed by atoms with E-state index >= 15 is 0 Å². The molecular formula is C16H24F3IN6S. The minimum absolute atomic E-state index is 0. The molecule has 2 rings (SSSR count). The van der Waals surface area contributed by atoms with Crippen LogP contribution in [0.15, 0.2) is 16.6 Å². The molecule has 0 fully saturated rings. The highest BCUT2D eigenvalue weighted by atomic mass is 127. The first kappa shape index (κ1) is 23.7. The Morgan fingerprint density at radius 2 is 2.07 bits per heavy atom. The number of nitrogens with zero attached hydrogens (tertiary/aromatic N) is 3. The Bertz CT molecular complexity index is 713. The Morgan fingerprint density at radius 3 is 2.67 bits per heavy atom. The second kappa shape index (κ2) is 11.5. The van der Waals surface area contributed by atoms with Crippen LogP contribution < -0.4 is 10.6 Å². The third-order valence-corrected chi connectivity index (χ3v) is 4.53. The molecule has 3 N–H and O–H groups in total. The first-order chi connectivity index (χ1) is 12.4. The van der Waals surface area contributed by atoms with Crippen molar-refractivity contribution in [3.05, 3.63) is 33.5 Å². The van der Waals surface area contributed by atoms with Crippen LogP contribution in [0.1, 0.15) is 35.3 Å². The maximum absolute atomic E-state index is 12.5. The molecule has 0 aliphatic carbocycles. The molecule has 0 aliphatic heterocycles. The van der Waals surface area contributed by atoms with Gasteiger partial charge in [-0.3, -0.25) is 10.1 Å². The van der Waals surface area contributed by atoms with Gasteiger partial charge in [0.2, 0.25) is 0 Å². The molecule has 11 heteroatoms. The lowest BCUT2D eigenvalue weighted by molar-refractivity contribution is -0.140. The van der Waals surface area contributed by atoms with Crippen LogP contribution in [-0.4, -0.2) is 40.8 Å². The summed E-state index contributed by atoms with van der Waals surface area (Å²) in [4.78, 5) is 8.11. The molecule has 2 aromatic heterocycles. The molecule has 152 valence electrons. The molecule has 27 heavy (non-hydrogen) atoms. The van der Waals surface area contributed by atoms with Gasteiger partial charge in [0, 0.05) is 37.1 Å². The summed E-state index contributed by atoms with van der Waals surface area (Å²) in [5.41, 5.74) is 1.43. The number of nitrogens with one attached hydrogen (secondary N) is 3. The number of hydrogen-bond acceptors (Lipinski definition) is 4. The van der Waals surface area contributed by atoms with Gasteiger partial charge in [0.1, 0.15) is 0 Å². The van der Waals surface area contributed by atoms with Gasteiger partial charge in [-0.2, -0.15) is 18.3 Å². The standard InChI is InChI=1S/C16H23F3N6S.HI/c1-3-20-15(21-7-4-5-12-9-23-25-11(12)2)22-8-6-14-24-13(10-26-14)16(17,18)19;/h9-10H,3-8H2,1-2H3,(H,23,25)(H2,20,21,22);1H. The van der Waals surface area contributed by atoms with Crippen LogP contribution in [0.5, 0.6) is 0 Å². The van der Waals surface area contributed by atoms with Crippen molar-refractivity contribution in [2.24, 2.45) is 4.99 Å². The largest absolute Gasteiger partial charge is 0.434 e. The van der Waals surface area contributed by atoms with E-state index in [0.717, 1.165) is 35.3 Å². The zero-order valence-electron chi connectivity index (χ0n) is 15.2. The molecule has 2 heterocycles. The Hall–Kier alpha value is -1.37. The Morgan fingerprint density at radius 1 is 1.30 bits per heavy atom. The molecule has 0 spiro atoms. The van der Waals surface area contributed by atoms with Crippen LogP contribution in [0.2, 0.25) is 0 Å². The molecule has 0 amide bonds. The summed E-state index contributed by atoms with van der Waals surface area (Å²) in [5, 5.41) is 14.7. The summed E-state index contributed by atoms with van der Waals surface area (Å²) in [6, 6.07) is 0. The van der Waals surface area contributed by atoms with E-state index in [4.69, 9.17) is 0 Å². The fourth-order valence-electron chi connectivity index (χ4n) is 2.27. The van der Waals surface area contributed by atoms with Gasteiger partial charge in [-0.15, -0.1) is 35.3 Å². The van der Waals surface area contributed by atoms with E-state index in [-0.39, 0.29) is 24.0 Å². The Kier molecular flexibility index (Phi) is 10.1. The number of aryl methyl sites for hydroxylation is 2. The summed E-state index contributed by atoms with van der Waals surface area (Å²) in [5.74, 6) is 0.656. The Balaban J connectivity index is 0.00000364. The van der Waals surface area contributed by atoms with Gasteiger partial charge in [0.15, 0.2) is 11.7 Å². The number of H-pyrrole nitrogens is 1. The molecule has 0 unspecified atom stereocenters. The van der Waals surface area contributed by atoms with Gasteiger partial charge >= 0.3 is 6.18 Å². The summed E-state index contributed by atoms with van der Waals surface area (Å²) >= 11 is 1.02. The maximum Gasteiger partial charge on any atom is 0.434 e. The summed E-state index contributed by atoms with van der Waals surface area (Å²) in [6.45, 7) is 5.78. The van der Waals surface area contributed by atoms with Gasteiger partial charge < -0.3 is 10.6 Å². The van der Waals surface area contributed by atoms with Crippen molar-refractivity contribution in [1.29, 1.82) is 0 Å². The first-order valence-electron chi connectivity index (χ1n) is 8.42. The van der Waals surface area contributed by atoms with Crippen molar-refractivity contribution in [1.82, 2.24) is 25.8 Å². The topological polar surface area (TPSA) is 78.0 Å². The van der Waals surface area contributed by atoms with Crippen molar-refractivity contribution < 1.29 is 13.2 Å². The molecule has 0 aliphatic rings. The number of guanidine groups is 1. The lowest BCUT2D eigenvalue weighted by atomic mass is 10.1. The summed E-state index contributed by atoms with van der Waals surface area (Å²) < 4.78 is 37.6. The van der Waals surface area contributed by atoms with Crippen molar-refractivity contribution in [2.45, 2.75) is 39.3 Å². The minimum atomic E-state index is -4.38. The zero-order chi connectivity index (χ0) is 19.0. The predicted molar refractivity (Wildman–Crippen MR) is 112 cm³/mol. The average molecular weight is 516 g/mol. The fraction of sp³-hybridized carbons (Fsp3) is 0.562. The third-order valence-electron chi connectivity index (χ3n) is 3.63. The van der Waals surface area contributed by atoms with Crippen molar-refractivity contribution in [2.75, 3.05) is 19.6 Å². The van der Waals surface area contributed by atoms with Crippen LogP contribution in [0.25, 0.3) is 0 Å². The van der Waals surface area contributed by atoms with Gasteiger partial charge in [-0.05, 0) is 32.3 Å². The number of halogens is 4. The number of alkyl halides is 3. The smallest absolute Gasteiger partial charge is 0.357 e. The number of thiazole rings is 1. The molecule has 2 aromatic rings. The van der Waals surface area contributed by atoms with Crippen molar-refractivity contribution in [3.8, 4) is 0 Å². The van der Waals surface area contributed by atoms with Crippen LogP contribution in [0.4, 0.5) is 13.2 Å². The molecule has 0 saturated carbocycles. The van der Waals surface area contributed by atoms with E-state index in [9.17, 15) is 13.2 Å². The van der Waals surface area contributed by atoms with Gasteiger partial charge in [0.25, 0.3) is 0 Å². The summed E-state index contributed by atoms with van der Waals surface area (Å²) in [6.07, 6.45) is -0.361. The first-order valence-corrected chi connectivity index (χ1v) is 9.30. The van der Waals surface area contributed by atoms with Gasteiger partial charge in [-0.1, -0.05) is 0 Å². The number of aromatic amines is 1. The van der Waals surface area contributed by atoms with E-state index in [2.05, 4.69) is 30.8 Å². The second-order valence-electron chi connectivity index (χ2n) is 5.69. The molecular weight excluding hydrogens is 492 g/mol. The van der Waals surface area contributed by atoms with Gasteiger partial charge in [-0.25, -0.2) is 4.98 Å². The monoisotopic (exact) mass is 516 g/mol. The van der Waals surface area contributed by atoms with E-state index in [1.54, 1.807) is 0 Å². The molecule has 0 atom stereocenters. The normalized spacial score (nSPS) is 12.0. The molecule has 0 aromatic carbocycles. The zero-order valence-corrected chi connectivity index (χ0v) is 18.3. The SMILES string of the molecule is CCNC(=NCCCc1cn[nH]c1C)NCCc1nc(C(F)(F)F)cs1.I. The Labute approximate surface area is 177 Å². The lowest BCUT2D eigenvalue weighted by Gasteiger charge is -2.10. The molecule has 0 radical (unpaired) electrons. The number of rotatable bonds is 8. The maximum atomic E-state index is 12.5. The second-order valence-corrected chi connectivity index (χ2v) is 6.63.